The van der Waals surface area contributed by atoms with Gasteiger partial charge in [-0.05, 0) is 49.1 Å². The van der Waals surface area contributed by atoms with Gasteiger partial charge in [0.25, 0.3) is 5.91 Å². The highest BCUT2D eigenvalue weighted by molar-refractivity contribution is 5.92. The van der Waals surface area contributed by atoms with Crippen molar-refractivity contribution in [2.24, 2.45) is 5.73 Å². The van der Waals surface area contributed by atoms with Crippen molar-refractivity contribution in [1.29, 1.82) is 0 Å². The second-order valence-electron chi connectivity index (χ2n) is 5.60. The predicted molar refractivity (Wildman–Crippen MR) is 80.8 cm³/mol. The van der Waals surface area contributed by atoms with E-state index in [0.29, 0.717) is 24.5 Å². The molecule has 4 nitrogen and oxygen atoms in total. The Bertz CT molecular complexity index is 668. The highest BCUT2D eigenvalue weighted by atomic mass is 19.1. The molecule has 0 bridgehead atoms. The average Bonchev–Trinajstić information content (AvgIpc) is 3.15. The van der Waals surface area contributed by atoms with Crippen LogP contribution < -0.4 is 5.73 Å². The van der Waals surface area contributed by atoms with Gasteiger partial charge in [0.15, 0.2) is 5.76 Å². The minimum absolute atomic E-state index is 0.0840. The summed E-state index contributed by atoms with van der Waals surface area (Å²) in [4.78, 5) is 14.4. The molecule has 2 heterocycles. The molecule has 22 heavy (non-hydrogen) atoms. The molecular formula is C17H19FN2O2. The van der Waals surface area contributed by atoms with Crippen LogP contribution in [0, 0.1) is 5.82 Å². The van der Waals surface area contributed by atoms with E-state index in [0.717, 1.165) is 18.4 Å². The Morgan fingerprint density at radius 1 is 1.36 bits per heavy atom. The Morgan fingerprint density at radius 2 is 2.23 bits per heavy atom. The van der Waals surface area contributed by atoms with Gasteiger partial charge in [-0.1, -0.05) is 12.1 Å². The molecule has 3 rings (SSSR count). The molecule has 2 N–H and O–H groups in total. The van der Waals surface area contributed by atoms with Gasteiger partial charge in [0.2, 0.25) is 0 Å². The molecule has 5 heteroatoms. The summed E-state index contributed by atoms with van der Waals surface area (Å²) in [6, 6.07) is 10.0. The summed E-state index contributed by atoms with van der Waals surface area (Å²) in [6.45, 7) is 0.984. The van der Waals surface area contributed by atoms with Crippen molar-refractivity contribution in [3.05, 3.63) is 59.3 Å². The zero-order valence-electron chi connectivity index (χ0n) is 12.3. The number of benzene rings is 1. The maximum Gasteiger partial charge on any atom is 0.289 e. The average molecular weight is 302 g/mol. The molecule has 0 saturated carbocycles. The number of hydrogen-bond donors (Lipinski definition) is 1. The van der Waals surface area contributed by atoms with Gasteiger partial charge >= 0.3 is 0 Å². The Balaban J connectivity index is 1.73. The number of furan rings is 1. The van der Waals surface area contributed by atoms with Crippen LogP contribution >= 0.6 is 0 Å². The molecule has 0 unspecified atom stereocenters. The summed E-state index contributed by atoms with van der Waals surface area (Å²) in [5, 5.41) is 0. The third-order valence-electron chi connectivity index (χ3n) is 4.07. The first kappa shape index (κ1) is 14.8. The Kier molecular flexibility index (Phi) is 4.24. The first-order valence-corrected chi connectivity index (χ1v) is 7.51. The van der Waals surface area contributed by atoms with Crippen molar-refractivity contribution in [3.63, 3.8) is 0 Å². The van der Waals surface area contributed by atoms with Crippen molar-refractivity contribution >= 4 is 5.91 Å². The summed E-state index contributed by atoms with van der Waals surface area (Å²) in [5.41, 5.74) is 6.42. The Hall–Kier alpha value is -2.14. The van der Waals surface area contributed by atoms with E-state index in [2.05, 4.69) is 0 Å². The smallest absolute Gasteiger partial charge is 0.289 e. The van der Waals surface area contributed by atoms with Crippen LogP contribution in [0.15, 0.2) is 40.8 Å². The van der Waals surface area contributed by atoms with Crippen molar-refractivity contribution in [1.82, 2.24) is 4.90 Å². The zero-order valence-corrected chi connectivity index (χ0v) is 12.3. The standard InChI is InChI=1S/C17H19FN2O2/c18-13-4-1-3-12(9-13)10-14-5-2-8-20(14)17(21)16-7-6-15(11-19)22-16/h1,3-4,6-7,9,14H,2,5,8,10-11,19H2/t14-/m1/s1. The number of halogens is 1. The molecule has 0 aliphatic carbocycles. The number of likely N-dealkylation sites (tertiary alicyclic amines) is 1. The molecule has 0 spiro atoms. The van der Waals surface area contributed by atoms with E-state index in [1.807, 2.05) is 11.0 Å². The maximum atomic E-state index is 13.3. The minimum atomic E-state index is -0.244. The highest BCUT2D eigenvalue weighted by Gasteiger charge is 2.31. The molecule has 2 aromatic rings. The van der Waals surface area contributed by atoms with Gasteiger partial charge < -0.3 is 15.1 Å². The normalized spacial score (nSPS) is 17.9. The molecule has 1 atom stereocenters. The number of carbonyl (C=O) groups excluding carboxylic acids is 1. The van der Waals surface area contributed by atoms with E-state index >= 15 is 0 Å². The largest absolute Gasteiger partial charge is 0.455 e. The third kappa shape index (κ3) is 3.04. The maximum absolute atomic E-state index is 13.3. The SMILES string of the molecule is NCc1ccc(C(=O)N2CCC[C@@H]2Cc2cccc(F)c2)o1. The van der Waals surface area contributed by atoms with E-state index in [9.17, 15) is 9.18 Å². The molecule has 1 aromatic carbocycles. The molecule has 1 amide bonds. The number of nitrogens with two attached hydrogens (primary N) is 1. The lowest BCUT2D eigenvalue weighted by molar-refractivity contribution is 0.0702. The molecular weight excluding hydrogens is 283 g/mol. The van der Waals surface area contributed by atoms with Gasteiger partial charge in [-0.15, -0.1) is 0 Å². The second-order valence-corrected chi connectivity index (χ2v) is 5.60. The van der Waals surface area contributed by atoms with Crippen molar-refractivity contribution in [2.75, 3.05) is 6.54 Å². The summed E-state index contributed by atoms with van der Waals surface area (Å²) in [7, 11) is 0. The van der Waals surface area contributed by atoms with E-state index < -0.39 is 0 Å². The van der Waals surface area contributed by atoms with Crippen molar-refractivity contribution in [2.45, 2.75) is 31.8 Å². The number of hydrogen-bond acceptors (Lipinski definition) is 3. The summed E-state index contributed by atoms with van der Waals surface area (Å²) in [5.74, 6) is 0.571. The molecule has 1 saturated heterocycles. The van der Waals surface area contributed by atoms with Crippen molar-refractivity contribution in [3.8, 4) is 0 Å². The lowest BCUT2D eigenvalue weighted by atomic mass is 10.0. The molecule has 116 valence electrons. The van der Waals surface area contributed by atoms with E-state index in [4.69, 9.17) is 10.2 Å². The van der Waals surface area contributed by atoms with E-state index in [-0.39, 0.29) is 24.3 Å². The van der Waals surface area contributed by atoms with Gasteiger partial charge in [0, 0.05) is 12.6 Å². The number of nitrogens with zero attached hydrogens (tertiary/aromatic N) is 1. The lowest BCUT2D eigenvalue weighted by Crippen LogP contribution is -2.36. The lowest BCUT2D eigenvalue weighted by Gasteiger charge is -2.24. The molecule has 1 aromatic heterocycles. The zero-order chi connectivity index (χ0) is 15.5. The van der Waals surface area contributed by atoms with E-state index in [1.165, 1.54) is 12.1 Å². The van der Waals surface area contributed by atoms with Crippen LogP contribution in [-0.4, -0.2) is 23.4 Å². The third-order valence-corrected chi connectivity index (χ3v) is 4.07. The molecule has 1 aliphatic rings. The van der Waals surface area contributed by atoms with Gasteiger partial charge in [-0.2, -0.15) is 0 Å². The number of rotatable bonds is 4. The Morgan fingerprint density at radius 3 is 2.95 bits per heavy atom. The molecule has 1 fully saturated rings. The first-order valence-electron chi connectivity index (χ1n) is 7.51. The van der Waals surface area contributed by atoms with Crippen LogP contribution in [-0.2, 0) is 13.0 Å². The summed E-state index contributed by atoms with van der Waals surface area (Å²) >= 11 is 0. The Labute approximate surface area is 128 Å². The predicted octanol–water partition coefficient (Wildman–Crippen LogP) is 2.72. The molecule has 1 aliphatic heterocycles. The molecule has 0 radical (unpaired) electrons. The summed E-state index contributed by atoms with van der Waals surface area (Å²) in [6.07, 6.45) is 2.54. The monoisotopic (exact) mass is 302 g/mol. The van der Waals surface area contributed by atoms with Gasteiger partial charge in [-0.25, -0.2) is 4.39 Å². The quantitative estimate of drug-likeness (QED) is 0.944. The number of carbonyl (C=O) groups is 1. The van der Waals surface area contributed by atoms with Crippen LogP contribution in [0.1, 0.15) is 34.7 Å². The van der Waals surface area contributed by atoms with Crippen LogP contribution in [0.25, 0.3) is 0 Å². The van der Waals surface area contributed by atoms with E-state index in [1.54, 1.807) is 18.2 Å². The van der Waals surface area contributed by atoms with Gasteiger partial charge in [0.05, 0.1) is 6.54 Å². The van der Waals surface area contributed by atoms with Gasteiger partial charge in [-0.3, -0.25) is 4.79 Å². The van der Waals surface area contributed by atoms with Crippen molar-refractivity contribution < 1.29 is 13.6 Å². The van der Waals surface area contributed by atoms with Crippen LogP contribution in [0.3, 0.4) is 0 Å². The van der Waals surface area contributed by atoms with Crippen LogP contribution in [0.4, 0.5) is 4.39 Å². The van der Waals surface area contributed by atoms with Crippen LogP contribution in [0.2, 0.25) is 0 Å². The van der Waals surface area contributed by atoms with Crippen LogP contribution in [0.5, 0.6) is 0 Å². The highest BCUT2D eigenvalue weighted by Crippen LogP contribution is 2.24. The fraction of sp³-hybridized carbons (Fsp3) is 0.353. The topological polar surface area (TPSA) is 59.5 Å². The summed E-state index contributed by atoms with van der Waals surface area (Å²) < 4.78 is 18.7. The first-order chi connectivity index (χ1) is 10.7. The number of amides is 1. The second kappa shape index (κ2) is 6.32. The van der Waals surface area contributed by atoms with Gasteiger partial charge in [0.1, 0.15) is 11.6 Å². The minimum Gasteiger partial charge on any atom is -0.455 e. The fourth-order valence-corrected chi connectivity index (χ4v) is 3.00. The fourth-order valence-electron chi connectivity index (χ4n) is 3.00.